The first-order valence-electron chi connectivity index (χ1n) is 8.90. The lowest BCUT2D eigenvalue weighted by atomic mass is 10.1. The minimum Gasteiger partial charge on any atom is -0.327 e. The van der Waals surface area contributed by atoms with Crippen LogP contribution in [0.25, 0.3) is 11.0 Å². The molecule has 0 aliphatic heterocycles. The SMILES string of the molecule is CCCCn1c(CNCc2cccc(C(F)(F)F)c2)nc2ccc(Cl)cc21. The molecule has 1 aromatic heterocycles. The highest BCUT2D eigenvalue weighted by atomic mass is 35.5. The van der Waals surface area contributed by atoms with Crippen LogP contribution in [0.15, 0.2) is 42.5 Å². The highest BCUT2D eigenvalue weighted by molar-refractivity contribution is 6.31. The predicted octanol–water partition coefficient (Wildman–Crippen LogP) is 5.80. The highest BCUT2D eigenvalue weighted by Crippen LogP contribution is 2.29. The number of unbranched alkanes of at least 4 members (excludes halogenated alkanes) is 1. The Kier molecular flexibility index (Phi) is 6.07. The molecule has 0 saturated carbocycles. The molecular weight excluding hydrogens is 375 g/mol. The summed E-state index contributed by atoms with van der Waals surface area (Å²) in [5, 5.41) is 3.86. The molecule has 0 aliphatic rings. The van der Waals surface area contributed by atoms with E-state index in [2.05, 4.69) is 21.8 Å². The summed E-state index contributed by atoms with van der Waals surface area (Å²) in [5.41, 5.74) is 1.80. The number of hydrogen-bond donors (Lipinski definition) is 1. The molecule has 0 unspecified atom stereocenters. The van der Waals surface area contributed by atoms with E-state index in [0.29, 0.717) is 23.7 Å². The van der Waals surface area contributed by atoms with Crippen molar-refractivity contribution < 1.29 is 13.2 Å². The molecule has 0 fully saturated rings. The summed E-state index contributed by atoms with van der Waals surface area (Å²) in [5.74, 6) is 0.854. The van der Waals surface area contributed by atoms with Crippen LogP contribution in [0.2, 0.25) is 5.02 Å². The van der Waals surface area contributed by atoms with Crippen LogP contribution in [-0.2, 0) is 25.8 Å². The van der Waals surface area contributed by atoms with Gasteiger partial charge in [-0.2, -0.15) is 13.2 Å². The van der Waals surface area contributed by atoms with Crippen LogP contribution >= 0.6 is 11.6 Å². The number of fused-ring (bicyclic) bond motifs is 1. The van der Waals surface area contributed by atoms with Crippen LogP contribution in [-0.4, -0.2) is 9.55 Å². The fraction of sp³-hybridized carbons (Fsp3) is 0.350. The first-order valence-corrected chi connectivity index (χ1v) is 9.28. The standard InChI is InChI=1S/C20H21ClF3N3/c1-2-3-9-27-18-11-16(21)7-8-17(18)26-19(27)13-25-12-14-5-4-6-15(10-14)20(22,23)24/h4-8,10-11,25H,2-3,9,12-13H2,1H3. The van der Waals surface area contributed by atoms with Gasteiger partial charge in [0, 0.05) is 18.1 Å². The van der Waals surface area contributed by atoms with Crippen LogP contribution in [0.3, 0.4) is 0 Å². The third-order valence-corrected chi connectivity index (χ3v) is 4.63. The van der Waals surface area contributed by atoms with Crippen LogP contribution in [0, 0.1) is 0 Å². The summed E-state index contributed by atoms with van der Waals surface area (Å²) in [6, 6.07) is 11.0. The molecule has 0 bridgehead atoms. The van der Waals surface area contributed by atoms with E-state index in [1.165, 1.54) is 12.1 Å². The van der Waals surface area contributed by atoms with Crippen LogP contribution in [0.4, 0.5) is 13.2 Å². The summed E-state index contributed by atoms with van der Waals surface area (Å²) in [4.78, 5) is 4.66. The van der Waals surface area contributed by atoms with Crippen molar-refractivity contribution in [2.45, 2.75) is 45.6 Å². The maximum Gasteiger partial charge on any atom is 0.416 e. The largest absolute Gasteiger partial charge is 0.416 e. The van der Waals surface area contributed by atoms with Gasteiger partial charge >= 0.3 is 6.18 Å². The molecule has 0 aliphatic carbocycles. The van der Waals surface area contributed by atoms with Gasteiger partial charge in [-0.25, -0.2) is 4.98 Å². The maximum atomic E-state index is 12.8. The summed E-state index contributed by atoms with van der Waals surface area (Å²) in [6.45, 7) is 3.75. The molecule has 0 radical (unpaired) electrons. The number of benzene rings is 2. The summed E-state index contributed by atoms with van der Waals surface area (Å²) in [7, 11) is 0. The molecule has 1 heterocycles. The third kappa shape index (κ3) is 4.82. The zero-order valence-corrected chi connectivity index (χ0v) is 15.7. The van der Waals surface area contributed by atoms with Gasteiger partial charge in [0.2, 0.25) is 0 Å². The van der Waals surface area contributed by atoms with Crippen LogP contribution in [0.5, 0.6) is 0 Å². The molecule has 0 saturated heterocycles. The monoisotopic (exact) mass is 395 g/mol. The van der Waals surface area contributed by atoms with Gasteiger partial charge in [0.25, 0.3) is 0 Å². The Hall–Kier alpha value is -2.05. The lowest BCUT2D eigenvalue weighted by molar-refractivity contribution is -0.137. The molecule has 3 aromatic rings. The molecule has 7 heteroatoms. The van der Waals surface area contributed by atoms with E-state index in [1.807, 2.05) is 12.1 Å². The van der Waals surface area contributed by atoms with E-state index in [1.54, 1.807) is 12.1 Å². The Labute approximate surface area is 161 Å². The summed E-state index contributed by atoms with van der Waals surface area (Å²) in [6.07, 6.45) is -2.26. The van der Waals surface area contributed by atoms with Crippen LogP contribution in [0.1, 0.15) is 36.7 Å². The molecule has 3 rings (SSSR count). The van der Waals surface area contributed by atoms with Crippen molar-refractivity contribution >= 4 is 22.6 Å². The van der Waals surface area contributed by atoms with E-state index < -0.39 is 11.7 Å². The second kappa shape index (κ2) is 8.31. The van der Waals surface area contributed by atoms with E-state index >= 15 is 0 Å². The molecular formula is C20H21ClF3N3. The second-order valence-electron chi connectivity index (χ2n) is 6.47. The first-order chi connectivity index (χ1) is 12.9. The third-order valence-electron chi connectivity index (χ3n) is 4.39. The van der Waals surface area contributed by atoms with Crippen molar-refractivity contribution in [2.24, 2.45) is 0 Å². The van der Waals surface area contributed by atoms with E-state index in [9.17, 15) is 13.2 Å². The van der Waals surface area contributed by atoms with Gasteiger partial charge in [-0.1, -0.05) is 43.1 Å². The Morgan fingerprint density at radius 3 is 2.67 bits per heavy atom. The fourth-order valence-corrected chi connectivity index (χ4v) is 3.19. The second-order valence-corrected chi connectivity index (χ2v) is 6.90. The van der Waals surface area contributed by atoms with Gasteiger partial charge in [0.05, 0.1) is 23.1 Å². The summed E-state index contributed by atoms with van der Waals surface area (Å²) >= 11 is 6.12. The van der Waals surface area contributed by atoms with Gasteiger partial charge in [-0.05, 0) is 36.2 Å². The van der Waals surface area contributed by atoms with Gasteiger partial charge in [-0.15, -0.1) is 0 Å². The van der Waals surface area contributed by atoms with Gasteiger partial charge in [0.15, 0.2) is 0 Å². The molecule has 1 N–H and O–H groups in total. The molecule has 27 heavy (non-hydrogen) atoms. The number of alkyl halides is 3. The zero-order chi connectivity index (χ0) is 19.4. The van der Waals surface area contributed by atoms with E-state index in [0.717, 1.165) is 42.3 Å². The Balaban J connectivity index is 1.75. The van der Waals surface area contributed by atoms with Crippen molar-refractivity contribution in [1.82, 2.24) is 14.9 Å². The minimum atomic E-state index is -4.33. The molecule has 0 spiro atoms. The molecule has 2 aromatic carbocycles. The minimum absolute atomic E-state index is 0.335. The number of aromatic nitrogens is 2. The molecule has 0 amide bonds. The number of hydrogen-bond acceptors (Lipinski definition) is 2. The normalized spacial score (nSPS) is 12.0. The number of nitrogens with one attached hydrogen (secondary N) is 1. The molecule has 3 nitrogen and oxygen atoms in total. The quantitative estimate of drug-likeness (QED) is 0.548. The van der Waals surface area contributed by atoms with Gasteiger partial charge in [-0.3, -0.25) is 0 Å². The lowest BCUT2D eigenvalue weighted by Crippen LogP contribution is -2.17. The van der Waals surface area contributed by atoms with Crippen molar-refractivity contribution in [3.8, 4) is 0 Å². The zero-order valence-electron chi connectivity index (χ0n) is 15.0. The lowest BCUT2D eigenvalue weighted by Gasteiger charge is -2.11. The fourth-order valence-electron chi connectivity index (χ4n) is 3.02. The number of nitrogens with zero attached hydrogens (tertiary/aromatic N) is 2. The van der Waals surface area contributed by atoms with Gasteiger partial charge < -0.3 is 9.88 Å². The topological polar surface area (TPSA) is 29.9 Å². The Morgan fingerprint density at radius 2 is 1.93 bits per heavy atom. The average Bonchev–Trinajstić information content (AvgIpc) is 2.96. The first kappa shape index (κ1) is 19.7. The van der Waals surface area contributed by atoms with Crippen LogP contribution < -0.4 is 5.32 Å². The highest BCUT2D eigenvalue weighted by Gasteiger charge is 2.30. The Morgan fingerprint density at radius 1 is 1.11 bits per heavy atom. The van der Waals surface area contributed by atoms with Crippen molar-refractivity contribution in [2.75, 3.05) is 0 Å². The number of halogens is 4. The smallest absolute Gasteiger partial charge is 0.327 e. The van der Waals surface area contributed by atoms with E-state index in [-0.39, 0.29) is 0 Å². The van der Waals surface area contributed by atoms with Crippen molar-refractivity contribution in [3.63, 3.8) is 0 Å². The van der Waals surface area contributed by atoms with E-state index in [4.69, 9.17) is 11.6 Å². The van der Waals surface area contributed by atoms with Crippen molar-refractivity contribution in [3.05, 3.63) is 64.4 Å². The Bertz CT molecular complexity index is 918. The van der Waals surface area contributed by atoms with Gasteiger partial charge in [0.1, 0.15) is 5.82 Å². The average molecular weight is 396 g/mol. The number of rotatable bonds is 7. The summed E-state index contributed by atoms with van der Waals surface area (Å²) < 4.78 is 40.6. The maximum absolute atomic E-state index is 12.8. The predicted molar refractivity (Wildman–Crippen MR) is 102 cm³/mol. The number of aryl methyl sites for hydroxylation is 1. The molecule has 144 valence electrons. The number of imidazole rings is 1. The van der Waals surface area contributed by atoms with Crippen molar-refractivity contribution in [1.29, 1.82) is 0 Å². The molecule has 0 atom stereocenters.